The van der Waals surface area contributed by atoms with E-state index in [-0.39, 0.29) is 5.91 Å². The zero-order valence-electron chi connectivity index (χ0n) is 10.3. The van der Waals surface area contributed by atoms with Crippen molar-refractivity contribution in [3.63, 3.8) is 0 Å². The van der Waals surface area contributed by atoms with Crippen LogP contribution in [0.5, 0.6) is 0 Å². The van der Waals surface area contributed by atoms with Gasteiger partial charge >= 0.3 is 0 Å². The van der Waals surface area contributed by atoms with Gasteiger partial charge in [0.2, 0.25) is 0 Å². The molecule has 1 atom stereocenters. The molecule has 1 fully saturated rings. The molecule has 0 bridgehead atoms. The summed E-state index contributed by atoms with van der Waals surface area (Å²) in [6.45, 7) is 1.90. The molecule has 1 aromatic heterocycles. The number of nitrogens with one attached hydrogen (secondary N) is 1. The van der Waals surface area contributed by atoms with Gasteiger partial charge in [-0.2, -0.15) is 11.3 Å². The van der Waals surface area contributed by atoms with Crippen LogP contribution in [-0.4, -0.2) is 37.0 Å². The van der Waals surface area contributed by atoms with Crippen molar-refractivity contribution in [3.8, 4) is 0 Å². The highest BCUT2D eigenvalue weighted by molar-refractivity contribution is 7.08. The van der Waals surface area contributed by atoms with Gasteiger partial charge in [0.25, 0.3) is 5.91 Å². The van der Waals surface area contributed by atoms with Crippen LogP contribution in [0.1, 0.15) is 36.0 Å². The molecule has 2 heterocycles. The summed E-state index contributed by atoms with van der Waals surface area (Å²) in [6.07, 6.45) is 4.61. The number of hydrogen-bond acceptors (Lipinski definition) is 3. The van der Waals surface area contributed by atoms with E-state index in [2.05, 4.69) is 10.2 Å². The predicted molar refractivity (Wildman–Crippen MR) is 71.5 cm³/mol. The normalized spacial score (nSPS) is 20.5. The topological polar surface area (TPSA) is 32.3 Å². The fourth-order valence-corrected chi connectivity index (χ4v) is 3.06. The molecule has 0 saturated carbocycles. The first-order chi connectivity index (χ1) is 8.33. The van der Waals surface area contributed by atoms with Crippen molar-refractivity contribution in [3.05, 3.63) is 22.4 Å². The van der Waals surface area contributed by atoms with Crippen LogP contribution in [0.15, 0.2) is 16.8 Å². The van der Waals surface area contributed by atoms with Crippen molar-refractivity contribution >= 4 is 17.2 Å². The van der Waals surface area contributed by atoms with Crippen molar-refractivity contribution in [1.82, 2.24) is 10.2 Å². The number of carbonyl (C=O) groups is 1. The van der Waals surface area contributed by atoms with Crippen LogP contribution in [0.2, 0.25) is 0 Å². The van der Waals surface area contributed by atoms with Gasteiger partial charge in [-0.05, 0) is 50.7 Å². The summed E-state index contributed by atoms with van der Waals surface area (Å²) < 4.78 is 0. The van der Waals surface area contributed by atoms with Gasteiger partial charge in [-0.1, -0.05) is 0 Å². The van der Waals surface area contributed by atoms with E-state index in [0.29, 0.717) is 6.04 Å². The molecule has 0 aliphatic carbocycles. The Labute approximate surface area is 107 Å². The van der Waals surface area contributed by atoms with Crippen LogP contribution in [0.4, 0.5) is 0 Å². The largest absolute Gasteiger partial charge is 0.336 e. The molecule has 94 valence electrons. The minimum Gasteiger partial charge on any atom is -0.336 e. The Morgan fingerprint density at radius 3 is 3.18 bits per heavy atom. The molecule has 1 aromatic rings. The smallest absolute Gasteiger partial charge is 0.254 e. The van der Waals surface area contributed by atoms with Crippen LogP contribution in [0, 0.1) is 0 Å². The SMILES string of the molecule is CNCCC1CCCCN1C(=O)c1ccsc1. The number of carbonyl (C=O) groups excluding carboxylic acids is 1. The monoisotopic (exact) mass is 252 g/mol. The fourth-order valence-electron chi connectivity index (χ4n) is 2.43. The van der Waals surface area contributed by atoms with Gasteiger partial charge in [0, 0.05) is 18.0 Å². The van der Waals surface area contributed by atoms with E-state index in [1.165, 1.54) is 6.42 Å². The van der Waals surface area contributed by atoms with E-state index in [1.807, 2.05) is 23.9 Å². The summed E-state index contributed by atoms with van der Waals surface area (Å²) in [5.41, 5.74) is 0.853. The fraction of sp³-hybridized carbons (Fsp3) is 0.615. The number of piperidine rings is 1. The van der Waals surface area contributed by atoms with Crippen molar-refractivity contribution in [2.75, 3.05) is 20.1 Å². The summed E-state index contributed by atoms with van der Waals surface area (Å²) >= 11 is 1.59. The minimum atomic E-state index is 0.215. The molecule has 0 aromatic carbocycles. The number of hydrogen-bond donors (Lipinski definition) is 1. The molecule has 1 aliphatic rings. The Balaban J connectivity index is 2.03. The lowest BCUT2D eigenvalue weighted by Gasteiger charge is -2.35. The van der Waals surface area contributed by atoms with Gasteiger partial charge in [-0.15, -0.1) is 0 Å². The first-order valence-corrected chi connectivity index (χ1v) is 7.25. The van der Waals surface area contributed by atoms with E-state index >= 15 is 0 Å². The molecular weight excluding hydrogens is 232 g/mol. The third-order valence-electron chi connectivity index (χ3n) is 3.38. The maximum atomic E-state index is 12.3. The molecule has 0 spiro atoms. The Kier molecular flexibility index (Phi) is 4.57. The molecule has 1 saturated heterocycles. The van der Waals surface area contributed by atoms with E-state index in [0.717, 1.165) is 37.9 Å². The first-order valence-electron chi connectivity index (χ1n) is 6.30. The average molecular weight is 252 g/mol. The first kappa shape index (κ1) is 12.6. The lowest BCUT2D eigenvalue weighted by atomic mass is 9.98. The Bertz CT molecular complexity index is 350. The average Bonchev–Trinajstić information content (AvgIpc) is 2.89. The predicted octanol–water partition coefficient (Wildman–Crippen LogP) is 2.35. The van der Waals surface area contributed by atoms with Crippen molar-refractivity contribution in [1.29, 1.82) is 0 Å². The van der Waals surface area contributed by atoms with Gasteiger partial charge in [0.1, 0.15) is 0 Å². The van der Waals surface area contributed by atoms with E-state index in [9.17, 15) is 4.79 Å². The maximum absolute atomic E-state index is 12.3. The van der Waals surface area contributed by atoms with Crippen LogP contribution >= 0.6 is 11.3 Å². The summed E-state index contributed by atoms with van der Waals surface area (Å²) in [4.78, 5) is 14.4. The summed E-state index contributed by atoms with van der Waals surface area (Å²) in [5.74, 6) is 0.215. The third kappa shape index (κ3) is 3.07. The lowest BCUT2D eigenvalue weighted by molar-refractivity contribution is 0.0603. The maximum Gasteiger partial charge on any atom is 0.254 e. The van der Waals surface area contributed by atoms with Crippen molar-refractivity contribution < 1.29 is 4.79 Å². The van der Waals surface area contributed by atoms with E-state index < -0.39 is 0 Å². The molecule has 17 heavy (non-hydrogen) atoms. The van der Waals surface area contributed by atoms with Gasteiger partial charge < -0.3 is 10.2 Å². The van der Waals surface area contributed by atoms with Gasteiger partial charge in [0.15, 0.2) is 0 Å². The molecule has 1 unspecified atom stereocenters. The third-order valence-corrected chi connectivity index (χ3v) is 4.07. The van der Waals surface area contributed by atoms with Gasteiger partial charge in [0.05, 0.1) is 5.56 Å². The van der Waals surface area contributed by atoms with Crippen LogP contribution < -0.4 is 5.32 Å². The molecule has 3 nitrogen and oxygen atoms in total. The molecule has 1 N–H and O–H groups in total. The number of nitrogens with zero attached hydrogens (tertiary/aromatic N) is 1. The van der Waals surface area contributed by atoms with E-state index in [4.69, 9.17) is 0 Å². The van der Waals surface area contributed by atoms with Crippen molar-refractivity contribution in [2.24, 2.45) is 0 Å². The lowest BCUT2D eigenvalue weighted by Crippen LogP contribution is -2.44. The van der Waals surface area contributed by atoms with Crippen LogP contribution in [-0.2, 0) is 0 Å². The van der Waals surface area contributed by atoms with Gasteiger partial charge in [-0.3, -0.25) is 4.79 Å². The highest BCUT2D eigenvalue weighted by Crippen LogP contribution is 2.22. The molecule has 0 radical (unpaired) electrons. The highest BCUT2D eigenvalue weighted by Gasteiger charge is 2.26. The second-order valence-corrected chi connectivity index (χ2v) is 5.33. The zero-order chi connectivity index (χ0) is 12.1. The number of thiophene rings is 1. The highest BCUT2D eigenvalue weighted by atomic mass is 32.1. The quantitative estimate of drug-likeness (QED) is 0.892. The molecule has 1 amide bonds. The molecular formula is C13H20N2OS. The molecule has 1 aliphatic heterocycles. The van der Waals surface area contributed by atoms with E-state index in [1.54, 1.807) is 11.3 Å². The minimum absolute atomic E-state index is 0.215. The van der Waals surface area contributed by atoms with Crippen molar-refractivity contribution in [2.45, 2.75) is 31.7 Å². The van der Waals surface area contributed by atoms with Crippen LogP contribution in [0.3, 0.4) is 0 Å². The number of likely N-dealkylation sites (tertiary alicyclic amines) is 1. The Morgan fingerprint density at radius 1 is 1.59 bits per heavy atom. The van der Waals surface area contributed by atoms with Crippen LogP contribution in [0.25, 0.3) is 0 Å². The molecule has 4 heteroatoms. The summed E-state index contributed by atoms with van der Waals surface area (Å²) in [6, 6.07) is 2.35. The molecule has 2 rings (SSSR count). The van der Waals surface area contributed by atoms with Gasteiger partial charge in [-0.25, -0.2) is 0 Å². The second-order valence-electron chi connectivity index (χ2n) is 4.55. The second kappa shape index (κ2) is 6.17. The Morgan fingerprint density at radius 2 is 2.47 bits per heavy atom. The number of rotatable bonds is 4. The summed E-state index contributed by atoms with van der Waals surface area (Å²) in [7, 11) is 1.97. The standard InChI is InChI=1S/C13H20N2OS/c1-14-7-5-12-4-2-3-8-15(12)13(16)11-6-9-17-10-11/h6,9-10,12,14H,2-5,7-8H2,1H3. The zero-order valence-corrected chi connectivity index (χ0v) is 11.1. The Hall–Kier alpha value is -0.870. The summed E-state index contributed by atoms with van der Waals surface area (Å²) in [5, 5.41) is 7.10. The number of amides is 1.